The standard InChI is InChI=1S/C29H36N2O8/c32-19-20-1-3-21(4-2-20)25-17-24(18-31-13-11-29(12-14-31)36-15-16-37-29)38-28(39-25)22-5-7-23(8-6-22)30-26(33)9-10-27(34)35/h1-8,24-25,28,32H,9-19H2,(H,30,33)(H,34,35)/t24-,25+,28+/m0/s1. The second-order valence-corrected chi connectivity index (χ2v) is 10.3. The molecule has 3 N–H and O–H groups in total. The third-order valence-electron chi connectivity index (χ3n) is 7.54. The van der Waals surface area contributed by atoms with Crippen molar-refractivity contribution in [1.82, 2.24) is 4.90 Å². The second kappa shape index (κ2) is 12.5. The number of anilines is 1. The van der Waals surface area contributed by atoms with E-state index in [2.05, 4.69) is 10.2 Å². The third kappa shape index (κ3) is 7.21. The number of ether oxygens (including phenoxy) is 4. The van der Waals surface area contributed by atoms with Gasteiger partial charge in [0.15, 0.2) is 12.1 Å². The highest BCUT2D eigenvalue weighted by Crippen LogP contribution is 2.39. The van der Waals surface area contributed by atoms with Crippen molar-refractivity contribution in [2.75, 3.05) is 38.2 Å². The Morgan fingerprint density at radius 3 is 2.23 bits per heavy atom. The minimum atomic E-state index is -1.01. The summed E-state index contributed by atoms with van der Waals surface area (Å²) in [6.45, 7) is 3.82. The van der Waals surface area contributed by atoms with Crippen molar-refractivity contribution in [1.29, 1.82) is 0 Å². The second-order valence-electron chi connectivity index (χ2n) is 10.3. The molecular formula is C29H36N2O8. The maximum Gasteiger partial charge on any atom is 0.303 e. The van der Waals surface area contributed by atoms with Crippen LogP contribution in [0.4, 0.5) is 5.69 Å². The number of carbonyl (C=O) groups is 2. The van der Waals surface area contributed by atoms with Crippen molar-refractivity contribution >= 4 is 17.6 Å². The van der Waals surface area contributed by atoms with Crippen LogP contribution in [0.25, 0.3) is 0 Å². The van der Waals surface area contributed by atoms with Gasteiger partial charge in [-0.2, -0.15) is 0 Å². The van der Waals surface area contributed by atoms with E-state index in [1.807, 2.05) is 36.4 Å². The zero-order chi connectivity index (χ0) is 27.2. The Labute approximate surface area is 227 Å². The molecule has 3 heterocycles. The van der Waals surface area contributed by atoms with Gasteiger partial charge in [-0.25, -0.2) is 0 Å². The van der Waals surface area contributed by atoms with Crippen LogP contribution in [-0.4, -0.2) is 71.7 Å². The molecule has 3 atom stereocenters. The first-order valence-corrected chi connectivity index (χ1v) is 13.5. The zero-order valence-corrected chi connectivity index (χ0v) is 21.9. The Morgan fingerprint density at radius 2 is 1.59 bits per heavy atom. The molecule has 0 aromatic heterocycles. The van der Waals surface area contributed by atoms with E-state index in [1.54, 1.807) is 12.1 Å². The number of piperidine rings is 1. The molecule has 0 aliphatic carbocycles. The van der Waals surface area contributed by atoms with Crippen LogP contribution in [-0.2, 0) is 35.1 Å². The Kier molecular flexibility index (Phi) is 8.91. The number of aliphatic hydroxyl groups is 1. The van der Waals surface area contributed by atoms with Crippen LogP contribution in [0.5, 0.6) is 0 Å². The van der Waals surface area contributed by atoms with E-state index in [0.717, 1.165) is 49.2 Å². The first-order valence-electron chi connectivity index (χ1n) is 13.5. The van der Waals surface area contributed by atoms with Crippen molar-refractivity contribution in [3.05, 3.63) is 65.2 Å². The summed E-state index contributed by atoms with van der Waals surface area (Å²) in [7, 11) is 0. The lowest BCUT2D eigenvalue weighted by Crippen LogP contribution is -2.48. The fraction of sp³-hybridized carbons (Fsp3) is 0.517. The fourth-order valence-corrected chi connectivity index (χ4v) is 5.35. The first-order chi connectivity index (χ1) is 18.9. The summed E-state index contributed by atoms with van der Waals surface area (Å²) in [5.41, 5.74) is 3.28. The van der Waals surface area contributed by atoms with Crippen molar-refractivity contribution < 1.29 is 38.7 Å². The van der Waals surface area contributed by atoms with Gasteiger partial charge in [0.25, 0.3) is 0 Å². The fourth-order valence-electron chi connectivity index (χ4n) is 5.35. The first kappa shape index (κ1) is 27.7. The molecule has 0 unspecified atom stereocenters. The van der Waals surface area contributed by atoms with Crippen LogP contribution in [0.15, 0.2) is 48.5 Å². The smallest absolute Gasteiger partial charge is 0.303 e. The lowest BCUT2D eigenvalue weighted by atomic mass is 9.98. The molecule has 1 spiro atoms. The van der Waals surface area contributed by atoms with E-state index in [0.29, 0.717) is 25.3 Å². The van der Waals surface area contributed by atoms with Gasteiger partial charge in [0.1, 0.15) is 0 Å². The molecule has 3 aliphatic rings. The molecule has 10 heteroatoms. The number of rotatable bonds is 9. The van der Waals surface area contributed by atoms with Crippen LogP contribution in [0, 0.1) is 0 Å². The summed E-state index contributed by atoms with van der Waals surface area (Å²) in [5, 5.41) is 20.9. The highest BCUT2D eigenvalue weighted by Gasteiger charge is 2.41. The molecule has 0 radical (unpaired) electrons. The van der Waals surface area contributed by atoms with Crippen molar-refractivity contribution in [3.63, 3.8) is 0 Å². The number of aliphatic hydroxyl groups excluding tert-OH is 1. The summed E-state index contributed by atoms with van der Waals surface area (Å²) >= 11 is 0. The molecule has 2 aromatic carbocycles. The number of benzene rings is 2. The molecule has 0 bridgehead atoms. The van der Waals surface area contributed by atoms with Gasteiger partial charge in [0.2, 0.25) is 5.91 Å². The predicted molar refractivity (Wildman–Crippen MR) is 141 cm³/mol. The number of aliphatic carboxylic acids is 1. The quantitative estimate of drug-likeness (QED) is 0.439. The van der Waals surface area contributed by atoms with Gasteiger partial charge in [-0.1, -0.05) is 36.4 Å². The van der Waals surface area contributed by atoms with Gasteiger partial charge in [-0.15, -0.1) is 0 Å². The summed E-state index contributed by atoms with van der Waals surface area (Å²) < 4.78 is 24.6. The monoisotopic (exact) mass is 540 g/mol. The summed E-state index contributed by atoms with van der Waals surface area (Å²) in [4.78, 5) is 25.1. The number of nitrogens with one attached hydrogen (secondary N) is 1. The highest BCUT2D eigenvalue weighted by atomic mass is 16.7. The Balaban J connectivity index is 1.26. The van der Waals surface area contributed by atoms with Crippen molar-refractivity contribution in [2.24, 2.45) is 0 Å². The minimum Gasteiger partial charge on any atom is -0.481 e. The third-order valence-corrected chi connectivity index (χ3v) is 7.54. The van der Waals surface area contributed by atoms with Crippen LogP contribution in [0.3, 0.4) is 0 Å². The van der Waals surface area contributed by atoms with Crippen LogP contribution < -0.4 is 5.32 Å². The maximum absolute atomic E-state index is 12.0. The SMILES string of the molecule is O=C(O)CCC(=O)Nc1ccc([C@@H]2O[C@H](CN3CCC4(CC3)OCCO4)C[C@H](c3ccc(CO)cc3)O2)cc1. The van der Waals surface area contributed by atoms with Gasteiger partial charge in [-0.3, -0.25) is 9.59 Å². The minimum absolute atomic E-state index is 0.0107. The average molecular weight is 541 g/mol. The number of hydrogen-bond donors (Lipinski definition) is 3. The average Bonchev–Trinajstić information content (AvgIpc) is 3.41. The highest BCUT2D eigenvalue weighted by molar-refractivity contribution is 5.92. The molecule has 2 aromatic rings. The summed E-state index contributed by atoms with van der Waals surface area (Å²) in [6, 6.07) is 15.0. The van der Waals surface area contributed by atoms with E-state index in [-0.39, 0.29) is 37.6 Å². The number of nitrogens with zero attached hydrogens (tertiary/aromatic N) is 1. The normalized spacial score (nSPS) is 25.0. The molecule has 0 saturated carbocycles. The largest absolute Gasteiger partial charge is 0.481 e. The van der Waals surface area contributed by atoms with Gasteiger partial charge in [-0.05, 0) is 23.3 Å². The number of amides is 1. The number of likely N-dealkylation sites (tertiary alicyclic amines) is 1. The summed E-state index contributed by atoms with van der Waals surface area (Å²) in [5.74, 6) is -1.78. The molecule has 10 nitrogen and oxygen atoms in total. The van der Waals surface area contributed by atoms with Gasteiger partial charge in [0, 0.05) is 56.6 Å². The molecule has 3 fully saturated rings. The maximum atomic E-state index is 12.0. The molecule has 1 amide bonds. The number of carboxylic acids is 1. The van der Waals surface area contributed by atoms with Crippen LogP contribution in [0.1, 0.15) is 61.2 Å². The number of hydrogen-bond acceptors (Lipinski definition) is 8. The van der Waals surface area contributed by atoms with E-state index < -0.39 is 18.0 Å². The predicted octanol–water partition coefficient (Wildman–Crippen LogP) is 3.37. The molecular weight excluding hydrogens is 504 g/mol. The topological polar surface area (TPSA) is 127 Å². The Bertz CT molecular complexity index is 1110. The molecule has 210 valence electrons. The number of carboxylic acid groups (broad SMARTS) is 1. The van der Waals surface area contributed by atoms with Gasteiger partial charge in [0.05, 0.1) is 38.4 Å². The van der Waals surface area contributed by atoms with E-state index in [9.17, 15) is 14.7 Å². The molecule has 3 saturated heterocycles. The van der Waals surface area contributed by atoms with Crippen molar-refractivity contribution in [2.45, 2.75) is 63.0 Å². The summed E-state index contributed by atoms with van der Waals surface area (Å²) in [6.07, 6.45) is 1.22. The Hall–Kier alpha value is -2.86. The van der Waals surface area contributed by atoms with Crippen LogP contribution in [0.2, 0.25) is 0 Å². The zero-order valence-electron chi connectivity index (χ0n) is 21.9. The molecule has 39 heavy (non-hydrogen) atoms. The lowest BCUT2D eigenvalue weighted by molar-refractivity contribution is -0.255. The van der Waals surface area contributed by atoms with E-state index in [1.165, 1.54) is 0 Å². The Morgan fingerprint density at radius 1 is 0.923 bits per heavy atom. The number of carbonyl (C=O) groups excluding carboxylic acids is 1. The molecule has 5 rings (SSSR count). The lowest BCUT2D eigenvalue weighted by Gasteiger charge is -2.41. The molecule has 3 aliphatic heterocycles. The van der Waals surface area contributed by atoms with Crippen molar-refractivity contribution in [3.8, 4) is 0 Å². The van der Waals surface area contributed by atoms with Crippen LogP contribution >= 0.6 is 0 Å². The van der Waals surface area contributed by atoms with Gasteiger partial charge < -0.3 is 39.4 Å². The van der Waals surface area contributed by atoms with Gasteiger partial charge >= 0.3 is 5.97 Å². The van der Waals surface area contributed by atoms with E-state index >= 15 is 0 Å². The van der Waals surface area contributed by atoms with E-state index in [4.69, 9.17) is 24.1 Å².